The van der Waals surface area contributed by atoms with Gasteiger partial charge in [-0.2, -0.15) is 0 Å². The van der Waals surface area contributed by atoms with Gasteiger partial charge in [0.1, 0.15) is 0 Å². The molecule has 0 aliphatic rings. The van der Waals surface area contributed by atoms with Crippen molar-refractivity contribution in [1.82, 2.24) is 0 Å². The van der Waals surface area contributed by atoms with Gasteiger partial charge in [0.2, 0.25) is 0 Å². The van der Waals surface area contributed by atoms with Crippen LogP contribution in [0.2, 0.25) is 0 Å². The molecule has 1 rings (SSSR count). The van der Waals surface area contributed by atoms with Crippen molar-refractivity contribution in [2.75, 3.05) is 0 Å². The molecule has 2 N–H and O–H groups in total. The van der Waals surface area contributed by atoms with Crippen molar-refractivity contribution in [3.8, 4) is 0 Å². The minimum atomic E-state index is -0.0246. The van der Waals surface area contributed by atoms with Crippen LogP contribution < -0.4 is 5.73 Å². The average Bonchev–Trinajstić information content (AvgIpc) is 2.08. The largest absolute Gasteiger partial charge is 0.398 e. The number of benzene rings is 1. The van der Waals surface area contributed by atoms with E-state index in [4.69, 9.17) is 5.73 Å². The van der Waals surface area contributed by atoms with E-state index < -0.39 is 0 Å². The summed E-state index contributed by atoms with van der Waals surface area (Å²) in [6.45, 7) is 5.48. The van der Waals surface area contributed by atoms with E-state index in [1.54, 1.807) is 0 Å². The molecule has 0 spiro atoms. The number of allylic oxidation sites excluding steroid dienone is 1. The Kier molecular flexibility index (Phi) is 3.07. The molecule has 1 aromatic carbocycles. The Morgan fingerprint density at radius 2 is 2.00 bits per heavy atom. The molecule has 0 aliphatic heterocycles. The summed E-state index contributed by atoms with van der Waals surface area (Å²) in [7, 11) is 0. The van der Waals surface area contributed by atoms with Gasteiger partial charge in [-0.3, -0.25) is 4.79 Å². The standard InChI is InChI=1S/C12H15NO/c1-8-4-5-9(2)11(6-8)12(13)7-10(3)14/h4-7H,13H2,1-3H3/b12-7-. The third-order valence-corrected chi connectivity index (χ3v) is 2.06. The molecule has 1 aromatic rings. The van der Waals surface area contributed by atoms with E-state index in [1.807, 2.05) is 32.0 Å². The smallest absolute Gasteiger partial charge is 0.154 e. The lowest BCUT2D eigenvalue weighted by atomic mass is 10.0. The molecule has 0 amide bonds. The predicted molar refractivity (Wildman–Crippen MR) is 58.8 cm³/mol. The highest BCUT2D eigenvalue weighted by molar-refractivity contribution is 5.94. The number of carbonyl (C=O) groups is 1. The quantitative estimate of drug-likeness (QED) is 0.725. The molecule has 0 bridgehead atoms. The number of rotatable bonds is 2. The normalized spacial score (nSPS) is 11.5. The first-order chi connectivity index (χ1) is 6.50. The van der Waals surface area contributed by atoms with Crippen molar-refractivity contribution in [1.29, 1.82) is 0 Å². The molecule has 2 heteroatoms. The maximum Gasteiger partial charge on any atom is 0.154 e. The lowest BCUT2D eigenvalue weighted by Gasteiger charge is -2.06. The van der Waals surface area contributed by atoms with Crippen LogP contribution in [-0.2, 0) is 4.79 Å². The fraction of sp³-hybridized carbons (Fsp3) is 0.250. The summed E-state index contributed by atoms with van der Waals surface area (Å²) in [4.78, 5) is 10.9. The maximum absolute atomic E-state index is 10.9. The molecular formula is C12H15NO. The number of hydrogen-bond donors (Lipinski definition) is 1. The fourth-order valence-electron chi connectivity index (χ4n) is 1.34. The van der Waals surface area contributed by atoms with E-state index >= 15 is 0 Å². The van der Waals surface area contributed by atoms with Gasteiger partial charge < -0.3 is 5.73 Å². The zero-order valence-electron chi connectivity index (χ0n) is 8.79. The highest BCUT2D eigenvalue weighted by atomic mass is 16.1. The number of ketones is 1. The van der Waals surface area contributed by atoms with Crippen molar-refractivity contribution >= 4 is 11.5 Å². The molecule has 0 saturated carbocycles. The van der Waals surface area contributed by atoms with E-state index in [0.717, 1.165) is 16.7 Å². The van der Waals surface area contributed by atoms with Crippen LogP contribution in [0.4, 0.5) is 0 Å². The van der Waals surface area contributed by atoms with E-state index in [1.165, 1.54) is 13.0 Å². The Morgan fingerprint density at radius 1 is 1.36 bits per heavy atom. The van der Waals surface area contributed by atoms with Crippen molar-refractivity contribution < 1.29 is 4.79 Å². The monoisotopic (exact) mass is 189 g/mol. The molecule has 0 saturated heterocycles. The van der Waals surface area contributed by atoms with Crippen LogP contribution in [0, 0.1) is 13.8 Å². The maximum atomic E-state index is 10.9. The summed E-state index contributed by atoms with van der Waals surface area (Å²) >= 11 is 0. The molecule has 0 radical (unpaired) electrons. The van der Waals surface area contributed by atoms with Gasteiger partial charge in [-0.15, -0.1) is 0 Å². The summed E-state index contributed by atoms with van der Waals surface area (Å²) in [6, 6.07) is 6.02. The van der Waals surface area contributed by atoms with Gasteiger partial charge >= 0.3 is 0 Å². The Hall–Kier alpha value is -1.57. The van der Waals surface area contributed by atoms with Crippen LogP contribution in [-0.4, -0.2) is 5.78 Å². The summed E-state index contributed by atoms with van der Waals surface area (Å²) in [5.74, 6) is -0.0246. The molecule has 74 valence electrons. The fourth-order valence-corrected chi connectivity index (χ4v) is 1.34. The molecule has 0 atom stereocenters. The van der Waals surface area contributed by atoms with Gasteiger partial charge in [0.15, 0.2) is 5.78 Å². The number of nitrogens with two attached hydrogens (primary N) is 1. The van der Waals surface area contributed by atoms with E-state index in [2.05, 4.69) is 0 Å². The van der Waals surface area contributed by atoms with Crippen LogP contribution in [0.3, 0.4) is 0 Å². The Morgan fingerprint density at radius 3 is 2.57 bits per heavy atom. The molecule has 0 unspecified atom stereocenters. The number of hydrogen-bond acceptors (Lipinski definition) is 2. The van der Waals surface area contributed by atoms with Crippen LogP contribution in [0.25, 0.3) is 5.70 Å². The Labute approximate surface area is 84.4 Å². The summed E-state index contributed by atoms with van der Waals surface area (Å²) < 4.78 is 0. The molecule has 2 nitrogen and oxygen atoms in total. The van der Waals surface area contributed by atoms with Crippen LogP contribution in [0.1, 0.15) is 23.6 Å². The minimum absolute atomic E-state index is 0.0246. The molecule has 0 aliphatic carbocycles. The van der Waals surface area contributed by atoms with Crippen LogP contribution in [0.5, 0.6) is 0 Å². The van der Waals surface area contributed by atoms with Gasteiger partial charge in [-0.1, -0.05) is 17.7 Å². The average molecular weight is 189 g/mol. The summed E-state index contributed by atoms with van der Waals surface area (Å²) in [6.07, 6.45) is 1.46. The van der Waals surface area contributed by atoms with Crippen LogP contribution >= 0.6 is 0 Å². The molecule has 0 heterocycles. The molecular weight excluding hydrogens is 174 g/mol. The predicted octanol–water partition coefficient (Wildman–Crippen LogP) is 2.19. The first-order valence-corrected chi connectivity index (χ1v) is 4.56. The lowest BCUT2D eigenvalue weighted by Crippen LogP contribution is -2.01. The van der Waals surface area contributed by atoms with Crippen molar-refractivity contribution in [2.45, 2.75) is 20.8 Å². The van der Waals surface area contributed by atoms with Crippen molar-refractivity contribution in [3.63, 3.8) is 0 Å². The van der Waals surface area contributed by atoms with Gasteiger partial charge in [-0.25, -0.2) is 0 Å². The lowest BCUT2D eigenvalue weighted by molar-refractivity contribution is -0.112. The number of aryl methyl sites for hydroxylation is 2. The SMILES string of the molecule is CC(=O)/C=C(\N)c1cc(C)ccc1C. The second-order valence-electron chi connectivity index (χ2n) is 3.53. The highest BCUT2D eigenvalue weighted by Gasteiger charge is 2.02. The first kappa shape index (κ1) is 10.5. The number of carbonyl (C=O) groups excluding carboxylic acids is 1. The third kappa shape index (κ3) is 2.46. The molecule has 0 aromatic heterocycles. The first-order valence-electron chi connectivity index (χ1n) is 4.56. The van der Waals surface area contributed by atoms with Crippen molar-refractivity contribution in [3.05, 3.63) is 41.0 Å². The van der Waals surface area contributed by atoms with Gasteiger partial charge in [0.05, 0.1) is 0 Å². The Bertz CT molecular complexity index is 391. The minimum Gasteiger partial charge on any atom is -0.398 e. The Balaban J connectivity index is 3.18. The highest BCUT2D eigenvalue weighted by Crippen LogP contribution is 2.16. The zero-order chi connectivity index (χ0) is 10.7. The van der Waals surface area contributed by atoms with Gasteiger partial charge in [0, 0.05) is 17.3 Å². The third-order valence-electron chi connectivity index (χ3n) is 2.06. The topological polar surface area (TPSA) is 43.1 Å². The zero-order valence-corrected chi connectivity index (χ0v) is 8.79. The van der Waals surface area contributed by atoms with Gasteiger partial charge in [0.25, 0.3) is 0 Å². The summed E-state index contributed by atoms with van der Waals surface area (Å²) in [5.41, 5.74) is 9.52. The van der Waals surface area contributed by atoms with Crippen LogP contribution in [0.15, 0.2) is 24.3 Å². The second kappa shape index (κ2) is 4.09. The second-order valence-corrected chi connectivity index (χ2v) is 3.53. The molecule has 14 heavy (non-hydrogen) atoms. The van der Waals surface area contributed by atoms with E-state index in [-0.39, 0.29) is 5.78 Å². The van der Waals surface area contributed by atoms with E-state index in [0.29, 0.717) is 5.70 Å². The summed E-state index contributed by atoms with van der Waals surface area (Å²) in [5, 5.41) is 0. The van der Waals surface area contributed by atoms with Crippen molar-refractivity contribution in [2.24, 2.45) is 5.73 Å². The van der Waals surface area contributed by atoms with E-state index in [9.17, 15) is 4.79 Å². The van der Waals surface area contributed by atoms with Gasteiger partial charge in [-0.05, 0) is 32.4 Å². The molecule has 0 fully saturated rings.